The highest BCUT2D eigenvalue weighted by Crippen LogP contribution is 2.47. The second-order valence-corrected chi connectivity index (χ2v) is 6.08. The van der Waals surface area contributed by atoms with E-state index < -0.39 is 0 Å². The van der Waals surface area contributed by atoms with Gasteiger partial charge in [0, 0.05) is 17.5 Å². The van der Waals surface area contributed by atoms with Gasteiger partial charge in [-0.05, 0) is 49.5 Å². The van der Waals surface area contributed by atoms with Crippen molar-refractivity contribution in [2.45, 2.75) is 44.3 Å². The molecule has 0 radical (unpaired) electrons. The molecule has 1 saturated heterocycles. The molecule has 3 rings (SSSR count). The van der Waals surface area contributed by atoms with Gasteiger partial charge in [-0.2, -0.15) is 0 Å². The molecule has 1 saturated carbocycles. The van der Waals surface area contributed by atoms with Gasteiger partial charge in [-0.15, -0.1) is 11.3 Å². The highest BCUT2D eigenvalue weighted by atomic mass is 32.1. The number of rotatable bonds is 3. The minimum atomic E-state index is 0.293. The van der Waals surface area contributed by atoms with Gasteiger partial charge in [0.25, 0.3) is 0 Å². The second-order valence-electron chi connectivity index (χ2n) is 5.10. The average Bonchev–Trinajstić information content (AvgIpc) is 2.97. The van der Waals surface area contributed by atoms with Crippen molar-refractivity contribution >= 4 is 11.3 Å². The molecule has 2 heterocycles. The van der Waals surface area contributed by atoms with Gasteiger partial charge in [0.1, 0.15) is 0 Å². The Labute approximate surface area is 101 Å². The Morgan fingerprint density at radius 1 is 1.31 bits per heavy atom. The molecule has 2 aliphatic rings. The Bertz CT molecular complexity index is 332. The van der Waals surface area contributed by atoms with E-state index in [1.54, 1.807) is 0 Å². The lowest BCUT2D eigenvalue weighted by atomic mass is 10.0. The number of piperidine rings is 1. The summed E-state index contributed by atoms with van der Waals surface area (Å²) in [7, 11) is 0. The molecule has 2 unspecified atom stereocenters. The van der Waals surface area contributed by atoms with Crippen LogP contribution in [0, 0.1) is 5.92 Å². The molecule has 0 spiro atoms. The Kier molecular flexibility index (Phi) is 3.01. The molecule has 1 aliphatic carbocycles. The first kappa shape index (κ1) is 10.8. The van der Waals surface area contributed by atoms with Crippen LogP contribution in [0.4, 0.5) is 0 Å². The molecule has 0 bridgehead atoms. The lowest BCUT2D eigenvalue weighted by Crippen LogP contribution is -2.47. The van der Waals surface area contributed by atoms with Crippen molar-refractivity contribution in [3.8, 4) is 0 Å². The molecule has 1 aromatic rings. The van der Waals surface area contributed by atoms with Gasteiger partial charge in [0.15, 0.2) is 0 Å². The molecule has 1 aliphatic heterocycles. The van der Waals surface area contributed by atoms with Gasteiger partial charge in [0.2, 0.25) is 0 Å². The molecule has 2 N–H and O–H groups in total. The fraction of sp³-hybridized carbons (Fsp3) is 0.692. The minimum Gasteiger partial charge on any atom is -0.316 e. The fourth-order valence-corrected chi connectivity index (χ4v) is 3.80. The highest BCUT2D eigenvalue weighted by molar-refractivity contribution is 7.10. The van der Waals surface area contributed by atoms with Crippen molar-refractivity contribution in [1.82, 2.24) is 4.90 Å². The van der Waals surface area contributed by atoms with Crippen LogP contribution in [0.25, 0.3) is 0 Å². The maximum Gasteiger partial charge on any atom is 0.0577 e. The topological polar surface area (TPSA) is 29.3 Å². The monoisotopic (exact) mass is 236 g/mol. The number of thiophene rings is 1. The van der Waals surface area contributed by atoms with E-state index in [2.05, 4.69) is 22.4 Å². The predicted octanol–water partition coefficient (Wildman–Crippen LogP) is 2.97. The molecular weight excluding hydrogens is 216 g/mol. The lowest BCUT2D eigenvalue weighted by molar-refractivity contribution is 0.0870. The number of hydrogen-bond donors (Lipinski definition) is 1. The van der Waals surface area contributed by atoms with Crippen LogP contribution in [0.15, 0.2) is 17.5 Å². The number of hydrogen-bond acceptors (Lipinski definition) is 3. The van der Waals surface area contributed by atoms with E-state index in [9.17, 15) is 0 Å². The van der Waals surface area contributed by atoms with E-state index in [1.807, 2.05) is 11.3 Å². The first-order valence-electron chi connectivity index (χ1n) is 6.41. The zero-order valence-corrected chi connectivity index (χ0v) is 10.5. The third kappa shape index (κ3) is 2.04. The summed E-state index contributed by atoms with van der Waals surface area (Å²) in [6.45, 7) is 1.19. The van der Waals surface area contributed by atoms with Crippen molar-refractivity contribution in [2.24, 2.45) is 11.7 Å². The van der Waals surface area contributed by atoms with Crippen LogP contribution in [-0.4, -0.2) is 17.6 Å². The Morgan fingerprint density at radius 3 is 2.81 bits per heavy atom. The van der Waals surface area contributed by atoms with Gasteiger partial charge in [0.05, 0.1) is 6.17 Å². The van der Waals surface area contributed by atoms with E-state index >= 15 is 0 Å². The summed E-state index contributed by atoms with van der Waals surface area (Å²) in [6, 6.07) is 5.08. The number of nitrogens with zero attached hydrogens (tertiary/aromatic N) is 1. The van der Waals surface area contributed by atoms with E-state index in [4.69, 9.17) is 5.73 Å². The fourth-order valence-electron chi connectivity index (χ4n) is 2.86. The molecule has 2 atom stereocenters. The largest absolute Gasteiger partial charge is 0.316 e. The maximum absolute atomic E-state index is 6.28. The summed E-state index contributed by atoms with van der Waals surface area (Å²) < 4.78 is 0. The first-order chi connectivity index (χ1) is 7.86. The van der Waals surface area contributed by atoms with Crippen molar-refractivity contribution in [3.05, 3.63) is 22.4 Å². The molecular formula is C13H20N2S. The van der Waals surface area contributed by atoms with Crippen LogP contribution < -0.4 is 5.73 Å². The lowest BCUT2D eigenvalue weighted by Gasteiger charge is -2.39. The van der Waals surface area contributed by atoms with Crippen LogP contribution in [0.1, 0.15) is 43.0 Å². The van der Waals surface area contributed by atoms with Gasteiger partial charge >= 0.3 is 0 Å². The predicted molar refractivity (Wildman–Crippen MR) is 68.3 cm³/mol. The zero-order chi connectivity index (χ0) is 11.0. The van der Waals surface area contributed by atoms with Crippen molar-refractivity contribution < 1.29 is 0 Å². The molecule has 0 amide bonds. The summed E-state index contributed by atoms with van der Waals surface area (Å²) in [4.78, 5) is 4.09. The minimum absolute atomic E-state index is 0.293. The van der Waals surface area contributed by atoms with E-state index in [0.717, 1.165) is 5.92 Å². The third-order valence-corrected chi connectivity index (χ3v) is 4.80. The van der Waals surface area contributed by atoms with Gasteiger partial charge < -0.3 is 5.73 Å². The highest BCUT2D eigenvalue weighted by Gasteiger charge is 2.39. The van der Waals surface area contributed by atoms with Gasteiger partial charge in [-0.25, -0.2) is 0 Å². The molecule has 3 heteroatoms. The van der Waals surface area contributed by atoms with Crippen LogP contribution >= 0.6 is 11.3 Å². The van der Waals surface area contributed by atoms with Gasteiger partial charge in [-0.1, -0.05) is 6.07 Å². The summed E-state index contributed by atoms with van der Waals surface area (Å²) >= 11 is 1.90. The zero-order valence-electron chi connectivity index (χ0n) is 9.64. The standard InChI is InChI=1S/C13H20N2S/c14-12-5-1-2-8-15(12)13(10-6-7-10)11-4-3-9-16-11/h3-4,9-10,12-13H,1-2,5-8,14H2. The van der Waals surface area contributed by atoms with Crippen LogP contribution in [0.3, 0.4) is 0 Å². The van der Waals surface area contributed by atoms with E-state index in [-0.39, 0.29) is 0 Å². The number of likely N-dealkylation sites (tertiary alicyclic amines) is 1. The third-order valence-electron chi connectivity index (χ3n) is 3.85. The molecule has 2 fully saturated rings. The molecule has 0 aromatic carbocycles. The molecule has 88 valence electrons. The average molecular weight is 236 g/mol. The molecule has 1 aromatic heterocycles. The van der Waals surface area contributed by atoms with E-state index in [1.165, 1.54) is 43.5 Å². The molecule has 16 heavy (non-hydrogen) atoms. The van der Waals surface area contributed by atoms with Crippen molar-refractivity contribution in [2.75, 3.05) is 6.54 Å². The normalized spacial score (nSPS) is 29.2. The summed E-state index contributed by atoms with van der Waals surface area (Å²) in [5.74, 6) is 0.878. The smallest absolute Gasteiger partial charge is 0.0577 e. The summed E-state index contributed by atoms with van der Waals surface area (Å²) in [5.41, 5.74) is 6.28. The Balaban J connectivity index is 1.82. The quantitative estimate of drug-likeness (QED) is 0.874. The molecule has 2 nitrogen and oxygen atoms in total. The van der Waals surface area contributed by atoms with Crippen LogP contribution in [0.2, 0.25) is 0 Å². The maximum atomic E-state index is 6.28. The summed E-state index contributed by atoms with van der Waals surface area (Å²) in [6.07, 6.45) is 6.88. The summed E-state index contributed by atoms with van der Waals surface area (Å²) in [5, 5.41) is 2.19. The second kappa shape index (κ2) is 4.47. The van der Waals surface area contributed by atoms with Crippen LogP contribution in [-0.2, 0) is 0 Å². The van der Waals surface area contributed by atoms with E-state index in [0.29, 0.717) is 12.2 Å². The SMILES string of the molecule is NC1CCCCN1C(c1cccs1)C1CC1. The Morgan fingerprint density at radius 2 is 2.19 bits per heavy atom. The Hall–Kier alpha value is -0.380. The van der Waals surface area contributed by atoms with Gasteiger partial charge in [-0.3, -0.25) is 4.90 Å². The number of nitrogens with two attached hydrogens (primary N) is 1. The van der Waals surface area contributed by atoms with Crippen LogP contribution in [0.5, 0.6) is 0 Å². The van der Waals surface area contributed by atoms with Crippen molar-refractivity contribution in [1.29, 1.82) is 0 Å². The first-order valence-corrected chi connectivity index (χ1v) is 7.29. The van der Waals surface area contributed by atoms with Crippen molar-refractivity contribution in [3.63, 3.8) is 0 Å².